The lowest BCUT2D eigenvalue weighted by Crippen LogP contribution is -2.32. The average molecular weight is 447 g/mol. The molecule has 0 bridgehead atoms. The molecule has 144 valence electrons. The molecule has 4 nitrogen and oxygen atoms in total. The van der Waals surface area contributed by atoms with E-state index >= 15 is 0 Å². The standard InChI is InChI=1S/C24H19BrN2O2/c1-15-11-12-16(2)20(13-15)26-22-21(17-7-4-3-5-8-17)23(28)27(24(22)29)19-10-6-9-18(25)14-19/h3-14,26H,1-2H3. The molecule has 0 aromatic heterocycles. The number of carbonyl (C=O) groups is 2. The van der Waals surface area contributed by atoms with E-state index in [1.807, 2.05) is 68.4 Å². The lowest BCUT2D eigenvalue weighted by Gasteiger charge is -2.16. The van der Waals surface area contributed by atoms with E-state index in [1.165, 1.54) is 4.90 Å². The Labute approximate surface area is 178 Å². The molecular formula is C24H19BrN2O2. The van der Waals surface area contributed by atoms with Crippen LogP contribution in [0.25, 0.3) is 5.57 Å². The minimum absolute atomic E-state index is 0.287. The Morgan fingerprint density at radius 1 is 0.828 bits per heavy atom. The number of halogens is 1. The molecule has 0 spiro atoms. The number of rotatable bonds is 4. The van der Waals surface area contributed by atoms with Crippen LogP contribution >= 0.6 is 15.9 Å². The number of carbonyl (C=O) groups excluding carboxylic acids is 2. The number of imide groups is 1. The van der Waals surface area contributed by atoms with Gasteiger partial charge in [0.25, 0.3) is 11.8 Å². The van der Waals surface area contributed by atoms with Gasteiger partial charge in [-0.1, -0.05) is 64.5 Å². The van der Waals surface area contributed by atoms with E-state index in [1.54, 1.807) is 18.2 Å². The largest absolute Gasteiger partial charge is 0.350 e. The van der Waals surface area contributed by atoms with Crippen molar-refractivity contribution in [3.05, 3.63) is 99.7 Å². The van der Waals surface area contributed by atoms with Gasteiger partial charge in [-0.25, -0.2) is 4.90 Å². The summed E-state index contributed by atoms with van der Waals surface area (Å²) < 4.78 is 0.799. The molecule has 1 aliphatic heterocycles. The van der Waals surface area contributed by atoms with Crippen LogP contribution in [0.4, 0.5) is 11.4 Å². The summed E-state index contributed by atoms with van der Waals surface area (Å²) in [6, 6.07) is 22.5. The van der Waals surface area contributed by atoms with Gasteiger partial charge in [-0.15, -0.1) is 0 Å². The number of hydrogen-bond donors (Lipinski definition) is 1. The quantitative estimate of drug-likeness (QED) is 0.541. The van der Waals surface area contributed by atoms with Crippen LogP contribution < -0.4 is 10.2 Å². The van der Waals surface area contributed by atoms with Crippen LogP contribution in [0.2, 0.25) is 0 Å². The first-order valence-electron chi connectivity index (χ1n) is 9.24. The molecule has 0 saturated heterocycles. The van der Waals surface area contributed by atoms with Crippen LogP contribution in [-0.2, 0) is 9.59 Å². The number of benzene rings is 3. The lowest BCUT2D eigenvalue weighted by atomic mass is 10.0. The summed E-state index contributed by atoms with van der Waals surface area (Å²) in [6.07, 6.45) is 0. The van der Waals surface area contributed by atoms with Gasteiger partial charge in [-0.05, 0) is 54.8 Å². The molecule has 1 N–H and O–H groups in total. The molecule has 0 saturated carbocycles. The summed E-state index contributed by atoms with van der Waals surface area (Å²) in [5.74, 6) is -0.708. The van der Waals surface area contributed by atoms with Gasteiger partial charge in [0.15, 0.2) is 0 Å². The second-order valence-electron chi connectivity index (χ2n) is 6.98. The van der Waals surface area contributed by atoms with Crippen LogP contribution in [0.1, 0.15) is 16.7 Å². The van der Waals surface area contributed by atoms with Crippen molar-refractivity contribution < 1.29 is 9.59 Å². The van der Waals surface area contributed by atoms with Gasteiger partial charge in [0.05, 0.1) is 11.3 Å². The van der Waals surface area contributed by atoms with E-state index in [0.29, 0.717) is 16.8 Å². The van der Waals surface area contributed by atoms with Crippen molar-refractivity contribution in [2.45, 2.75) is 13.8 Å². The maximum atomic E-state index is 13.4. The molecular weight excluding hydrogens is 428 g/mol. The van der Waals surface area contributed by atoms with E-state index in [0.717, 1.165) is 21.3 Å². The van der Waals surface area contributed by atoms with Crippen LogP contribution in [-0.4, -0.2) is 11.8 Å². The summed E-state index contributed by atoms with van der Waals surface area (Å²) in [6.45, 7) is 3.96. The zero-order valence-electron chi connectivity index (χ0n) is 16.1. The zero-order chi connectivity index (χ0) is 20.5. The van der Waals surface area contributed by atoms with Crippen LogP contribution in [0.5, 0.6) is 0 Å². The SMILES string of the molecule is Cc1ccc(C)c(NC2=C(c3ccccc3)C(=O)N(c3cccc(Br)c3)C2=O)c1. The van der Waals surface area contributed by atoms with Crippen molar-refractivity contribution in [3.8, 4) is 0 Å². The maximum absolute atomic E-state index is 13.4. The molecule has 3 aromatic carbocycles. The smallest absolute Gasteiger partial charge is 0.282 e. The highest BCUT2D eigenvalue weighted by molar-refractivity contribution is 9.10. The predicted octanol–water partition coefficient (Wildman–Crippen LogP) is 5.46. The van der Waals surface area contributed by atoms with E-state index in [2.05, 4.69) is 21.2 Å². The van der Waals surface area contributed by atoms with Crippen LogP contribution in [0.15, 0.2) is 83.0 Å². The highest BCUT2D eigenvalue weighted by atomic mass is 79.9. The molecule has 0 aliphatic carbocycles. The fourth-order valence-corrected chi connectivity index (χ4v) is 3.76. The Balaban J connectivity index is 1.85. The molecule has 3 aromatic rings. The Morgan fingerprint density at radius 3 is 2.31 bits per heavy atom. The summed E-state index contributed by atoms with van der Waals surface area (Å²) >= 11 is 3.42. The fourth-order valence-electron chi connectivity index (χ4n) is 3.37. The minimum Gasteiger partial charge on any atom is -0.350 e. The van der Waals surface area contributed by atoms with Gasteiger partial charge in [0.1, 0.15) is 5.70 Å². The van der Waals surface area contributed by atoms with Gasteiger partial charge < -0.3 is 5.32 Å². The summed E-state index contributed by atoms with van der Waals surface area (Å²) in [7, 11) is 0. The van der Waals surface area contributed by atoms with Crippen molar-refractivity contribution in [2.75, 3.05) is 10.2 Å². The summed E-state index contributed by atoms with van der Waals surface area (Å²) in [5, 5.41) is 3.25. The molecule has 0 unspecified atom stereocenters. The van der Waals surface area contributed by atoms with E-state index < -0.39 is 0 Å². The van der Waals surface area contributed by atoms with Gasteiger partial charge in [-0.3, -0.25) is 9.59 Å². The first-order valence-corrected chi connectivity index (χ1v) is 10.0. The van der Waals surface area contributed by atoms with Gasteiger partial charge in [0.2, 0.25) is 0 Å². The molecule has 29 heavy (non-hydrogen) atoms. The third-order valence-electron chi connectivity index (χ3n) is 4.87. The molecule has 1 heterocycles. The number of amides is 2. The topological polar surface area (TPSA) is 49.4 Å². The average Bonchev–Trinajstić information content (AvgIpc) is 2.95. The highest BCUT2D eigenvalue weighted by Crippen LogP contribution is 2.35. The van der Waals surface area contributed by atoms with E-state index in [-0.39, 0.29) is 17.5 Å². The monoisotopic (exact) mass is 446 g/mol. The Hall–Kier alpha value is -3.18. The highest BCUT2D eigenvalue weighted by Gasteiger charge is 2.40. The Kier molecular flexibility index (Phi) is 5.07. The van der Waals surface area contributed by atoms with Crippen molar-refractivity contribution in [2.24, 2.45) is 0 Å². The molecule has 1 aliphatic rings. The number of hydrogen-bond acceptors (Lipinski definition) is 3. The van der Waals surface area contributed by atoms with Gasteiger partial charge in [0, 0.05) is 10.2 Å². The molecule has 0 radical (unpaired) electrons. The van der Waals surface area contributed by atoms with E-state index in [4.69, 9.17) is 0 Å². The molecule has 0 atom stereocenters. The minimum atomic E-state index is -0.368. The van der Waals surface area contributed by atoms with Crippen LogP contribution in [0.3, 0.4) is 0 Å². The Bertz CT molecular complexity index is 1150. The number of aryl methyl sites for hydroxylation is 2. The third kappa shape index (κ3) is 3.61. The second-order valence-corrected chi connectivity index (χ2v) is 7.90. The molecule has 5 heteroatoms. The van der Waals surface area contributed by atoms with Gasteiger partial charge in [-0.2, -0.15) is 0 Å². The number of nitrogens with one attached hydrogen (secondary N) is 1. The van der Waals surface area contributed by atoms with E-state index in [9.17, 15) is 9.59 Å². The van der Waals surface area contributed by atoms with Crippen molar-refractivity contribution in [1.82, 2.24) is 0 Å². The van der Waals surface area contributed by atoms with Crippen molar-refractivity contribution in [1.29, 1.82) is 0 Å². The fraction of sp³-hybridized carbons (Fsp3) is 0.0833. The van der Waals surface area contributed by atoms with Crippen LogP contribution in [0, 0.1) is 13.8 Å². The first kappa shape index (κ1) is 19.2. The number of anilines is 2. The maximum Gasteiger partial charge on any atom is 0.282 e. The molecule has 0 fully saturated rings. The lowest BCUT2D eigenvalue weighted by molar-refractivity contribution is -0.120. The first-order chi connectivity index (χ1) is 14.0. The van der Waals surface area contributed by atoms with Crippen molar-refractivity contribution >= 4 is 44.7 Å². The van der Waals surface area contributed by atoms with Gasteiger partial charge >= 0.3 is 0 Å². The molecule has 2 amide bonds. The molecule has 4 rings (SSSR count). The predicted molar refractivity (Wildman–Crippen MR) is 120 cm³/mol. The van der Waals surface area contributed by atoms with Crippen molar-refractivity contribution in [3.63, 3.8) is 0 Å². The third-order valence-corrected chi connectivity index (χ3v) is 5.36. The second kappa shape index (κ2) is 7.68. The summed E-state index contributed by atoms with van der Waals surface area (Å²) in [5.41, 5.74) is 4.77. The zero-order valence-corrected chi connectivity index (χ0v) is 17.7. The summed E-state index contributed by atoms with van der Waals surface area (Å²) in [4.78, 5) is 28.0. The normalized spacial score (nSPS) is 14.0. The number of nitrogens with zero attached hydrogens (tertiary/aromatic N) is 1. The Morgan fingerprint density at radius 2 is 1.59 bits per heavy atom.